The van der Waals surface area contributed by atoms with Crippen molar-refractivity contribution < 1.29 is 17.9 Å². The first-order valence-corrected chi connectivity index (χ1v) is 7.94. The van der Waals surface area contributed by atoms with Crippen LogP contribution in [0.2, 0.25) is 0 Å². The fourth-order valence-electron chi connectivity index (χ4n) is 1.50. The molecule has 1 rings (SSSR count). The number of nitrogens with two attached hydrogens (primary N) is 1. The molecule has 0 radical (unpaired) electrons. The molecule has 1 aromatic heterocycles. The van der Waals surface area contributed by atoms with E-state index in [0.717, 1.165) is 6.20 Å². The fraction of sp³-hybridized carbons (Fsp3) is 0.417. The summed E-state index contributed by atoms with van der Waals surface area (Å²) in [6.07, 6.45) is 1.13. The summed E-state index contributed by atoms with van der Waals surface area (Å²) in [5.41, 5.74) is 5.71. The van der Waals surface area contributed by atoms with Gasteiger partial charge in [-0.05, 0) is 18.1 Å². The molecule has 1 aromatic rings. The Morgan fingerprint density at radius 1 is 1.43 bits per heavy atom. The second-order valence-corrected chi connectivity index (χ2v) is 6.76. The van der Waals surface area contributed by atoms with Gasteiger partial charge in [0.05, 0.1) is 12.8 Å². The van der Waals surface area contributed by atoms with Crippen LogP contribution in [0.15, 0.2) is 23.2 Å². The molecule has 1 heterocycles. The summed E-state index contributed by atoms with van der Waals surface area (Å²) in [6.45, 7) is 3.41. The number of esters is 1. The number of rotatable bonds is 6. The van der Waals surface area contributed by atoms with E-state index in [-0.39, 0.29) is 15.8 Å². The van der Waals surface area contributed by atoms with Gasteiger partial charge in [0.1, 0.15) is 15.9 Å². The number of nitrogens with zero attached hydrogens (tertiary/aromatic N) is 1. The van der Waals surface area contributed by atoms with Gasteiger partial charge in [0, 0.05) is 6.20 Å². The molecule has 0 amide bonds. The molecule has 0 aliphatic rings. The topological polar surface area (TPSA) is 111 Å². The summed E-state index contributed by atoms with van der Waals surface area (Å²) in [7, 11) is -2.70. The summed E-state index contributed by atoms with van der Waals surface area (Å²) >= 11 is 4.74. The number of hydrogen-bond donors (Lipinski definition) is 2. The highest BCUT2D eigenvalue weighted by Crippen LogP contribution is 2.12. The Bertz CT molecular complexity index is 626. The number of carbonyl (C=O) groups is 1. The van der Waals surface area contributed by atoms with Gasteiger partial charge < -0.3 is 10.5 Å². The number of nitrogens with one attached hydrogen (secondary N) is 1. The first-order valence-electron chi connectivity index (χ1n) is 6.05. The predicted molar refractivity (Wildman–Crippen MR) is 81.1 cm³/mol. The monoisotopic (exact) mass is 331 g/mol. The fourth-order valence-corrected chi connectivity index (χ4v) is 2.90. The van der Waals surface area contributed by atoms with Crippen molar-refractivity contribution in [2.75, 3.05) is 7.11 Å². The molecule has 0 saturated carbocycles. The lowest BCUT2D eigenvalue weighted by molar-refractivity contribution is -0.143. The van der Waals surface area contributed by atoms with Crippen LogP contribution in [0.5, 0.6) is 0 Å². The molecule has 1 atom stereocenters. The van der Waals surface area contributed by atoms with Crippen LogP contribution in [0.1, 0.15) is 19.5 Å². The Morgan fingerprint density at radius 3 is 2.43 bits per heavy atom. The average molecular weight is 331 g/mol. The highest BCUT2D eigenvalue weighted by atomic mass is 32.2. The molecule has 0 aliphatic carbocycles. The molecule has 0 fully saturated rings. The van der Waals surface area contributed by atoms with Crippen molar-refractivity contribution in [3.8, 4) is 0 Å². The third-order valence-electron chi connectivity index (χ3n) is 2.70. The molecule has 0 aliphatic heterocycles. The number of carbonyl (C=O) groups excluding carboxylic acids is 1. The first-order chi connectivity index (χ1) is 9.69. The summed E-state index contributed by atoms with van der Waals surface area (Å²) in [5, 5.41) is 0. The minimum atomic E-state index is -3.90. The smallest absolute Gasteiger partial charge is 0.324 e. The summed E-state index contributed by atoms with van der Waals surface area (Å²) < 4.78 is 31.3. The molecule has 0 aromatic carbocycles. The molecular formula is C12H17N3O4S2. The van der Waals surface area contributed by atoms with Gasteiger partial charge in [0.15, 0.2) is 0 Å². The maximum absolute atomic E-state index is 12.2. The number of hydrogen-bond acceptors (Lipinski definition) is 6. The van der Waals surface area contributed by atoms with Gasteiger partial charge in [-0.3, -0.25) is 9.78 Å². The third-order valence-corrected chi connectivity index (χ3v) is 4.34. The molecule has 0 saturated heterocycles. The maximum atomic E-state index is 12.2. The molecular weight excluding hydrogens is 314 g/mol. The third kappa shape index (κ3) is 4.45. The zero-order chi connectivity index (χ0) is 16.2. The van der Waals surface area contributed by atoms with Gasteiger partial charge in [0.2, 0.25) is 10.0 Å². The van der Waals surface area contributed by atoms with E-state index < -0.39 is 22.0 Å². The second-order valence-electron chi connectivity index (χ2n) is 4.61. The van der Waals surface area contributed by atoms with E-state index in [2.05, 4.69) is 14.4 Å². The van der Waals surface area contributed by atoms with E-state index in [1.807, 2.05) is 0 Å². The zero-order valence-electron chi connectivity index (χ0n) is 11.9. The zero-order valence-corrected chi connectivity index (χ0v) is 13.5. The lowest BCUT2D eigenvalue weighted by Gasteiger charge is -2.19. The van der Waals surface area contributed by atoms with Crippen LogP contribution in [0.4, 0.5) is 0 Å². The number of thiocarbonyl (C=S) groups is 1. The lowest BCUT2D eigenvalue weighted by Crippen LogP contribution is -2.44. The van der Waals surface area contributed by atoms with Gasteiger partial charge in [-0.2, -0.15) is 4.72 Å². The SMILES string of the molecule is COC(=O)C(NS(=O)(=O)c1ccc(C(N)=S)nc1)C(C)C. The maximum Gasteiger partial charge on any atom is 0.324 e. The van der Waals surface area contributed by atoms with E-state index in [1.165, 1.54) is 19.2 Å². The Kier molecular flexibility index (Phi) is 5.76. The van der Waals surface area contributed by atoms with Crippen LogP contribution in [0.3, 0.4) is 0 Å². The standard InChI is InChI=1S/C12H17N3O4S2/c1-7(2)10(12(16)19-3)15-21(17,18)8-4-5-9(11(13)20)14-6-8/h4-7,10,15H,1-3H3,(H2,13,20). The Labute approximate surface area is 128 Å². The molecule has 9 heteroatoms. The van der Waals surface area contributed by atoms with Crippen LogP contribution < -0.4 is 10.5 Å². The Balaban J connectivity index is 3.04. The molecule has 7 nitrogen and oxygen atoms in total. The summed E-state index contributed by atoms with van der Waals surface area (Å²) in [4.78, 5) is 15.5. The van der Waals surface area contributed by atoms with Gasteiger partial charge in [-0.15, -0.1) is 0 Å². The van der Waals surface area contributed by atoms with Crippen LogP contribution in [0, 0.1) is 5.92 Å². The average Bonchev–Trinajstić information content (AvgIpc) is 2.43. The summed E-state index contributed by atoms with van der Waals surface area (Å²) in [5.74, 6) is -0.919. The van der Waals surface area contributed by atoms with Gasteiger partial charge in [-0.1, -0.05) is 26.1 Å². The van der Waals surface area contributed by atoms with Gasteiger partial charge in [0.25, 0.3) is 0 Å². The van der Waals surface area contributed by atoms with Crippen LogP contribution in [-0.4, -0.2) is 37.5 Å². The van der Waals surface area contributed by atoms with Gasteiger partial charge >= 0.3 is 5.97 Å². The Hall–Kier alpha value is -1.58. The minimum Gasteiger partial charge on any atom is -0.468 e. The number of ether oxygens (including phenoxy) is 1. The largest absolute Gasteiger partial charge is 0.468 e. The van der Waals surface area contributed by atoms with Crippen molar-refractivity contribution in [3.63, 3.8) is 0 Å². The highest BCUT2D eigenvalue weighted by molar-refractivity contribution is 7.89. The number of aromatic nitrogens is 1. The van der Waals surface area contributed by atoms with Gasteiger partial charge in [-0.25, -0.2) is 8.42 Å². The molecule has 0 spiro atoms. The Morgan fingerprint density at radius 2 is 2.05 bits per heavy atom. The molecule has 3 N–H and O–H groups in total. The molecule has 21 heavy (non-hydrogen) atoms. The van der Waals surface area contributed by atoms with Crippen molar-refractivity contribution in [2.45, 2.75) is 24.8 Å². The first kappa shape index (κ1) is 17.5. The van der Waals surface area contributed by atoms with Crippen LogP contribution >= 0.6 is 12.2 Å². The molecule has 1 unspecified atom stereocenters. The van der Waals surface area contributed by atoms with E-state index in [9.17, 15) is 13.2 Å². The molecule has 0 bridgehead atoms. The van der Waals surface area contributed by atoms with Crippen molar-refractivity contribution in [3.05, 3.63) is 24.0 Å². The quantitative estimate of drug-likeness (QED) is 0.565. The van der Waals surface area contributed by atoms with Crippen molar-refractivity contribution in [1.82, 2.24) is 9.71 Å². The second kappa shape index (κ2) is 6.92. The lowest BCUT2D eigenvalue weighted by atomic mass is 10.1. The number of pyridine rings is 1. The summed E-state index contributed by atoms with van der Waals surface area (Å²) in [6, 6.07) is 1.74. The number of methoxy groups -OCH3 is 1. The molecule has 116 valence electrons. The minimum absolute atomic E-state index is 0.0709. The van der Waals surface area contributed by atoms with Crippen molar-refractivity contribution >= 4 is 33.2 Å². The normalized spacial score (nSPS) is 13.0. The number of sulfonamides is 1. The van der Waals surface area contributed by atoms with E-state index in [4.69, 9.17) is 18.0 Å². The van der Waals surface area contributed by atoms with Crippen LogP contribution in [-0.2, 0) is 19.6 Å². The van der Waals surface area contributed by atoms with E-state index in [1.54, 1.807) is 13.8 Å². The highest BCUT2D eigenvalue weighted by Gasteiger charge is 2.29. The van der Waals surface area contributed by atoms with E-state index in [0.29, 0.717) is 5.69 Å². The van der Waals surface area contributed by atoms with Crippen molar-refractivity contribution in [1.29, 1.82) is 0 Å². The van der Waals surface area contributed by atoms with E-state index >= 15 is 0 Å². The predicted octanol–water partition coefficient (Wildman–Crippen LogP) is 0.192. The van der Waals surface area contributed by atoms with Crippen LogP contribution in [0.25, 0.3) is 0 Å². The van der Waals surface area contributed by atoms with Crippen molar-refractivity contribution in [2.24, 2.45) is 11.7 Å².